The van der Waals surface area contributed by atoms with Crippen molar-refractivity contribution in [3.63, 3.8) is 0 Å². The fourth-order valence-electron chi connectivity index (χ4n) is 3.49. The molecule has 1 amide bonds. The summed E-state index contributed by atoms with van der Waals surface area (Å²) >= 11 is 0. The molecule has 110 valence electrons. The van der Waals surface area contributed by atoms with Crippen LogP contribution in [0.15, 0.2) is 0 Å². The molecule has 2 atom stereocenters. The standard InChI is InChI=1S/C14H28N4O/c1-13(2)10-18(8-7-17(13)4)11-5-6-14(9-11,16-3)12(15)19/h11,16H,5-10H2,1-4H3,(H2,15,19). The van der Waals surface area contributed by atoms with E-state index in [1.165, 1.54) is 0 Å². The first-order valence-corrected chi connectivity index (χ1v) is 7.25. The van der Waals surface area contributed by atoms with Crippen LogP contribution in [-0.2, 0) is 4.79 Å². The first kappa shape index (κ1) is 14.8. The zero-order valence-electron chi connectivity index (χ0n) is 12.7. The van der Waals surface area contributed by atoms with Gasteiger partial charge in [0.25, 0.3) is 0 Å². The van der Waals surface area contributed by atoms with E-state index in [1.807, 2.05) is 7.05 Å². The van der Waals surface area contributed by atoms with Crippen LogP contribution in [0.1, 0.15) is 33.1 Å². The zero-order valence-corrected chi connectivity index (χ0v) is 12.7. The fraction of sp³-hybridized carbons (Fsp3) is 0.929. The number of primary amides is 1. The van der Waals surface area contributed by atoms with Gasteiger partial charge in [-0.15, -0.1) is 0 Å². The number of nitrogens with two attached hydrogens (primary N) is 1. The fourth-order valence-corrected chi connectivity index (χ4v) is 3.49. The van der Waals surface area contributed by atoms with Crippen LogP contribution in [-0.4, -0.2) is 66.6 Å². The Kier molecular flexibility index (Phi) is 3.91. The molecule has 2 fully saturated rings. The van der Waals surface area contributed by atoms with Gasteiger partial charge in [0, 0.05) is 31.2 Å². The molecule has 5 nitrogen and oxygen atoms in total. The summed E-state index contributed by atoms with van der Waals surface area (Å²) in [6.45, 7) is 7.81. The third kappa shape index (κ3) is 2.64. The minimum atomic E-state index is -0.488. The van der Waals surface area contributed by atoms with Gasteiger partial charge >= 0.3 is 0 Å². The van der Waals surface area contributed by atoms with Crippen molar-refractivity contribution >= 4 is 5.91 Å². The quantitative estimate of drug-likeness (QED) is 0.757. The molecule has 1 aliphatic carbocycles. The van der Waals surface area contributed by atoms with E-state index in [9.17, 15) is 4.79 Å². The highest BCUT2D eigenvalue weighted by molar-refractivity contribution is 5.85. The van der Waals surface area contributed by atoms with E-state index >= 15 is 0 Å². The monoisotopic (exact) mass is 268 g/mol. The number of amides is 1. The Morgan fingerprint density at radius 3 is 2.53 bits per heavy atom. The second kappa shape index (κ2) is 5.04. The Morgan fingerprint density at radius 1 is 1.37 bits per heavy atom. The lowest BCUT2D eigenvalue weighted by Crippen LogP contribution is -2.60. The van der Waals surface area contributed by atoms with Crippen LogP contribution in [0.4, 0.5) is 0 Å². The molecule has 2 rings (SSSR count). The van der Waals surface area contributed by atoms with Crippen LogP contribution in [0.5, 0.6) is 0 Å². The zero-order chi connectivity index (χ0) is 14.3. The Morgan fingerprint density at radius 2 is 2.05 bits per heavy atom. The highest BCUT2D eigenvalue weighted by atomic mass is 16.1. The number of hydrogen-bond donors (Lipinski definition) is 2. The maximum Gasteiger partial charge on any atom is 0.237 e. The number of nitrogens with one attached hydrogen (secondary N) is 1. The van der Waals surface area contributed by atoms with Gasteiger partial charge in [-0.3, -0.25) is 14.6 Å². The Hall–Kier alpha value is -0.650. The summed E-state index contributed by atoms with van der Waals surface area (Å²) < 4.78 is 0. The average Bonchev–Trinajstić information content (AvgIpc) is 2.78. The molecule has 0 aromatic rings. The topological polar surface area (TPSA) is 61.6 Å². The second-order valence-corrected chi connectivity index (χ2v) is 6.80. The van der Waals surface area contributed by atoms with Gasteiger partial charge in [-0.25, -0.2) is 0 Å². The molecule has 0 bridgehead atoms. The summed E-state index contributed by atoms with van der Waals surface area (Å²) in [6, 6.07) is 0.480. The van der Waals surface area contributed by atoms with Crippen molar-refractivity contribution in [1.82, 2.24) is 15.1 Å². The number of nitrogens with zero attached hydrogens (tertiary/aromatic N) is 2. The third-order valence-electron chi connectivity index (χ3n) is 5.30. The lowest BCUT2D eigenvalue weighted by Gasteiger charge is -2.47. The number of rotatable bonds is 3. The van der Waals surface area contributed by atoms with Crippen molar-refractivity contribution in [2.24, 2.45) is 5.73 Å². The van der Waals surface area contributed by atoms with Gasteiger partial charge in [0.05, 0.1) is 5.54 Å². The normalized spacial score (nSPS) is 36.5. The summed E-state index contributed by atoms with van der Waals surface area (Å²) in [4.78, 5) is 16.7. The molecule has 2 aliphatic rings. The van der Waals surface area contributed by atoms with Crippen molar-refractivity contribution in [3.05, 3.63) is 0 Å². The van der Waals surface area contributed by atoms with Crippen molar-refractivity contribution in [2.45, 2.75) is 50.2 Å². The van der Waals surface area contributed by atoms with E-state index in [0.717, 1.165) is 38.9 Å². The smallest absolute Gasteiger partial charge is 0.237 e. The summed E-state index contributed by atoms with van der Waals surface area (Å²) in [5.74, 6) is -0.203. The highest BCUT2D eigenvalue weighted by Crippen LogP contribution is 2.34. The molecule has 1 heterocycles. The largest absolute Gasteiger partial charge is 0.368 e. The predicted octanol–water partition coefficient (Wildman–Crippen LogP) is 0.00840. The third-order valence-corrected chi connectivity index (χ3v) is 5.30. The van der Waals surface area contributed by atoms with Gasteiger partial charge in [-0.05, 0) is 47.2 Å². The second-order valence-electron chi connectivity index (χ2n) is 6.80. The van der Waals surface area contributed by atoms with Crippen LogP contribution in [0.25, 0.3) is 0 Å². The summed E-state index contributed by atoms with van der Waals surface area (Å²) in [5.41, 5.74) is 5.30. The van der Waals surface area contributed by atoms with E-state index in [1.54, 1.807) is 0 Å². The van der Waals surface area contributed by atoms with E-state index in [0.29, 0.717) is 6.04 Å². The van der Waals surface area contributed by atoms with Crippen LogP contribution < -0.4 is 11.1 Å². The van der Waals surface area contributed by atoms with Gasteiger partial charge < -0.3 is 11.1 Å². The first-order valence-electron chi connectivity index (χ1n) is 7.25. The molecule has 3 N–H and O–H groups in total. The van der Waals surface area contributed by atoms with Gasteiger partial charge in [0.1, 0.15) is 0 Å². The number of piperazine rings is 1. The van der Waals surface area contributed by atoms with E-state index in [2.05, 4.69) is 36.0 Å². The molecule has 1 aliphatic heterocycles. The lowest BCUT2D eigenvalue weighted by atomic mass is 9.95. The molecule has 0 aromatic heterocycles. The molecule has 1 saturated carbocycles. The van der Waals surface area contributed by atoms with E-state index in [-0.39, 0.29) is 11.4 Å². The molecule has 1 saturated heterocycles. The van der Waals surface area contributed by atoms with Gasteiger partial charge in [-0.2, -0.15) is 0 Å². The Balaban J connectivity index is 2.04. The van der Waals surface area contributed by atoms with Crippen molar-refractivity contribution in [2.75, 3.05) is 33.7 Å². The number of carbonyl (C=O) groups excluding carboxylic acids is 1. The van der Waals surface area contributed by atoms with Crippen LogP contribution >= 0.6 is 0 Å². The molecular formula is C14H28N4O. The van der Waals surface area contributed by atoms with Crippen LogP contribution in [0, 0.1) is 0 Å². The Labute approximate surface area is 116 Å². The maximum absolute atomic E-state index is 11.7. The SMILES string of the molecule is CNC1(C(N)=O)CCC(N2CCN(C)C(C)(C)C2)C1. The molecule has 19 heavy (non-hydrogen) atoms. The van der Waals surface area contributed by atoms with E-state index < -0.39 is 5.54 Å². The Bertz CT molecular complexity index is 357. The predicted molar refractivity (Wildman–Crippen MR) is 76.9 cm³/mol. The first-order chi connectivity index (χ1) is 8.81. The van der Waals surface area contributed by atoms with Crippen LogP contribution in [0.2, 0.25) is 0 Å². The summed E-state index contributed by atoms with van der Waals surface area (Å²) in [7, 11) is 4.04. The molecule has 0 radical (unpaired) electrons. The minimum Gasteiger partial charge on any atom is -0.368 e. The van der Waals surface area contributed by atoms with Gasteiger partial charge in [-0.1, -0.05) is 0 Å². The lowest BCUT2D eigenvalue weighted by molar-refractivity contribution is -0.124. The van der Waals surface area contributed by atoms with Crippen molar-refractivity contribution in [1.29, 1.82) is 0 Å². The minimum absolute atomic E-state index is 0.203. The molecular weight excluding hydrogens is 240 g/mol. The van der Waals surface area contributed by atoms with Crippen molar-refractivity contribution in [3.8, 4) is 0 Å². The number of carbonyl (C=O) groups is 1. The van der Waals surface area contributed by atoms with Gasteiger partial charge in [0.2, 0.25) is 5.91 Å². The maximum atomic E-state index is 11.7. The number of likely N-dealkylation sites (N-methyl/N-ethyl adjacent to an activating group) is 2. The summed E-state index contributed by atoms with van der Waals surface area (Å²) in [5, 5.41) is 3.16. The average molecular weight is 268 g/mol. The van der Waals surface area contributed by atoms with E-state index in [4.69, 9.17) is 5.73 Å². The highest BCUT2D eigenvalue weighted by Gasteiger charge is 2.46. The molecule has 0 aromatic carbocycles. The number of hydrogen-bond acceptors (Lipinski definition) is 4. The molecule has 0 spiro atoms. The summed E-state index contributed by atoms with van der Waals surface area (Å²) in [6.07, 6.45) is 2.76. The molecule has 5 heteroatoms. The van der Waals surface area contributed by atoms with Crippen molar-refractivity contribution < 1.29 is 4.79 Å². The van der Waals surface area contributed by atoms with Gasteiger partial charge in [0.15, 0.2) is 0 Å². The molecule has 2 unspecified atom stereocenters. The van der Waals surface area contributed by atoms with Crippen LogP contribution in [0.3, 0.4) is 0 Å².